The Morgan fingerprint density at radius 1 is 0.547 bits per heavy atom. The molecule has 446 valence electrons. The van der Waals surface area contributed by atoms with Gasteiger partial charge in [0.1, 0.15) is 85.1 Å². The number of para-hydroxylation sites is 4. The van der Waals surface area contributed by atoms with Gasteiger partial charge in [-0.05, 0) is 149 Å². The Morgan fingerprint density at radius 2 is 1.03 bits per heavy atom. The Hall–Kier alpha value is -6.93. The van der Waals surface area contributed by atoms with E-state index in [2.05, 4.69) is 167 Å². The number of aromatic nitrogens is 10. The molecule has 0 radical (unpaired) electrons. The third kappa shape index (κ3) is 13.5. The highest BCUT2D eigenvalue weighted by Gasteiger charge is 2.52. The SMILES string of the molecule is Cc1nc2cc(-c3ccc4ncnc(N5CCOc6ccccc65)c4c3)cnc2n1COCC[Si](C)(C)C.Cc1nc2cc(B3OC(C)(C)C(C)(C)O3)cnc2n1COCC[Si](C)(C)C.Ic1ccc2ncnc(N3CCOc4ccccc43)c2c1. The van der Waals surface area contributed by atoms with E-state index in [1.54, 1.807) is 12.7 Å². The Morgan fingerprint density at radius 3 is 1.57 bits per heavy atom. The maximum Gasteiger partial charge on any atom is 0.496 e. The second-order valence-electron chi connectivity index (χ2n) is 25.4. The molecule has 0 atom stereocenters. The third-order valence-corrected chi connectivity index (χ3v) is 20.1. The number of anilines is 4. The van der Waals surface area contributed by atoms with Crippen LogP contribution >= 0.6 is 22.6 Å². The molecule has 0 unspecified atom stereocenters. The summed E-state index contributed by atoms with van der Waals surface area (Å²) in [5.74, 6) is 5.38. The van der Waals surface area contributed by atoms with E-state index >= 15 is 0 Å². The highest BCUT2D eigenvalue weighted by molar-refractivity contribution is 14.1. The van der Waals surface area contributed by atoms with Crippen LogP contribution < -0.4 is 24.7 Å². The molecule has 13 rings (SSSR count). The average Bonchev–Trinajstić information content (AvgIpc) is 1.53. The molecule has 18 nitrogen and oxygen atoms in total. The van der Waals surface area contributed by atoms with Crippen LogP contribution in [-0.4, -0.2) is 123 Å². The fourth-order valence-corrected chi connectivity index (χ4v) is 12.4. The fraction of sp³-hybridized carbons (Fsp3) is 0.375. The molecule has 10 aromatic rings. The molecule has 22 heteroatoms. The molecule has 6 aromatic heterocycles. The Balaban J connectivity index is 0.000000141. The predicted octanol–water partition coefficient (Wildman–Crippen LogP) is 13.3. The van der Waals surface area contributed by atoms with Crippen molar-refractivity contribution in [2.45, 2.75) is 118 Å². The summed E-state index contributed by atoms with van der Waals surface area (Å²) in [6.07, 6.45) is 6.99. The minimum absolute atomic E-state index is 0.369. The summed E-state index contributed by atoms with van der Waals surface area (Å²) in [5.41, 5.74) is 9.51. The number of nitrogens with zero attached hydrogens (tertiary/aromatic N) is 12. The monoisotopic (exact) mass is 1300 g/mol. The normalized spacial score (nSPS) is 15.4. The quantitative estimate of drug-likeness (QED) is 0.0570. The Bertz CT molecular complexity index is 4060. The van der Waals surface area contributed by atoms with Gasteiger partial charge in [-0.2, -0.15) is 0 Å². The van der Waals surface area contributed by atoms with Gasteiger partial charge in [-0.1, -0.05) is 69.6 Å². The number of halogens is 1. The largest absolute Gasteiger partial charge is 0.496 e. The zero-order valence-electron chi connectivity index (χ0n) is 51.4. The van der Waals surface area contributed by atoms with E-state index in [9.17, 15) is 0 Å². The van der Waals surface area contributed by atoms with Gasteiger partial charge in [-0.3, -0.25) is 9.13 Å². The highest BCUT2D eigenvalue weighted by Crippen LogP contribution is 2.41. The van der Waals surface area contributed by atoms with E-state index in [0.29, 0.717) is 26.7 Å². The minimum atomic E-state index is -1.13. The molecule has 0 amide bonds. The first-order valence-electron chi connectivity index (χ1n) is 29.4. The van der Waals surface area contributed by atoms with E-state index in [1.807, 2.05) is 90.0 Å². The van der Waals surface area contributed by atoms with Gasteiger partial charge < -0.3 is 38.1 Å². The summed E-state index contributed by atoms with van der Waals surface area (Å²) in [4.78, 5) is 41.4. The van der Waals surface area contributed by atoms with Crippen molar-refractivity contribution in [3.63, 3.8) is 0 Å². The van der Waals surface area contributed by atoms with Gasteiger partial charge in [0, 0.05) is 67.1 Å². The molecular weight excluding hydrogens is 1230 g/mol. The first-order valence-corrected chi connectivity index (χ1v) is 37.9. The summed E-state index contributed by atoms with van der Waals surface area (Å²) in [7, 11) is -2.64. The number of aryl methyl sites for hydroxylation is 2. The molecule has 4 aromatic carbocycles. The van der Waals surface area contributed by atoms with Crippen LogP contribution in [0.4, 0.5) is 23.0 Å². The number of benzene rings is 4. The number of imidazole rings is 2. The van der Waals surface area contributed by atoms with Gasteiger partial charge in [0.05, 0.1) is 46.7 Å². The lowest BCUT2D eigenvalue weighted by Gasteiger charge is -2.32. The molecule has 0 spiro atoms. The predicted molar refractivity (Wildman–Crippen MR) is 357 cm³/mol. The maximum absolute atomic E-state index is 6.13. The number of pyridine rings is 2. The molecule has 3 aliphatic heterocycles. The van der Waals surface area contributed by atoms with E-state index in [1.165, 1.54) is 3.57 Å². The number of hydrogen-bond acceptors (Lipinski definition) is 16. The van der Waals surface area contributed by atoms with Crippen molar-refractivity contribution >= 4 is 118 Å². The summed E-state index contributed by atoms with van der Waals surface area (Å²) < 4.78 is 41.0. The molecule has 86 heavy (non-hydrogen) atoms. The van der Waals surface area contributed by atoms with Gasteiger partial charge in [-0.15, -0.1) is 0 Å². The smallest absolute Gasteiger partial charge is 0.490 e. The lowest BCUT2D eigenvalue weighted by atomic mass is 9.80. The summed E-state index contributed by atoms with van der Waals surface area (Å²) in [6, 6.07) is 35.0. The standard InChI is InChI=1S/C29H32N6O2Si.C19H32BN3O3Si.C16H12IN3O/c1-20-33-25-16-22(17-30-29(25)35(20)19-36-13-14-38(2,3)4)21-9-10-24-23(15-21)28(32-18-31-24)34-11-12-37-27-8-6-5-7-26(27)34;1-14-22-16-11-15(20-25-18(2,3)19(4,5)26-20)12-21-17(16)23(14)13-24-9-10-27(6,7)8;17-11-5-6-13-12(9-11)16(19-10-18-13)20-7-8-21-15-4-2-1-3-14(15)20/h5-10,15-18H,11-14,19H2,1-4H3;11-12H,9-10,13H2,1-8H3;1-6,9-10H,7-8H2. The summed E-state index contributed by atoms with van der Waals surface area (Å²) in [6.45, 7) is 31.6. The van der Waals surface area contributed by atoms with E-state index in [-0.39, 0.29) is 11.2 Å². The van der Waals surface area contributed by atoms with Crippen molar-refractivity contribution < 1.29 is 28.3 Å². The van der Waals surface area contributed by atoms with Gasteiger partial charge in [0.2, 0.25) is 0 Å². The summed E-state index contributed by atoms with van der Waals surface area (Å²) >= 11 is 2.32. The summed E-state index contributed by atoms with van der Waals surface area (Å²) in [5, 5.41) is 2.06. The third-order valence-electron chi connectivity index (χ3n) is 16.0. The highest BCUT2D eigenvalue weighted by atomic mass is 127. The number of rotatable bonds is 14. The topological polar surface area (TPSA) is 175 Å². The van der Waals surface area contributed by atoms with Crippen molar-refractivity contribution in [2.24, 2.45) is 0 Å². The molecular formula is C64H76BIN12O6Si2. The molecule has 3 aliphatic rings. The maximum atomic E-state index is 6.13. The minimum Gasteiger partial charge on any atom is -0.490 e. The number of fused-ring (bicyclic) bond motifs is 6. The van der Waals surface area contributed by atoms with Crippen LogP contribution in [0.2, 0.25) is 51.4 Å². The van der Waals surface area contributed by atoms with Crippen LogP contribution in [0.5, 0.6) is 11.5 Å². The van der Waals surface area contributed by atoms with Crippen LogP contribution in [0, 0.1) is 17.4 Å². The fourth-order valence-electron chi connectivity index (χ4n) is 10.4. The van der Waals surface area contributed by atoms with E-state index < -0.39 is 23.3 Å². The van der Waals surface area contributed by atoms with Crippen LogP contribution in [0.25, 0.3) is 55.3 Å². The Kier molecular flexibility index (Phi) is 17.7. The second-order valence-corrected chi connectivity index (χ2v) is 37.8. The van der Waals surface area contributed by atoms with Gasteiger partial charge in [0.15, 0.2) is 11.3 Å². The zero-order valence-corrected chi connectivity index (χ0v) is 55.5. The van der Waals surface area contributed by atoms with Crippen molar-refractivity contribution in [3.05, 3.63) is 137 Å². The van der Waals surface area contributed by atoms with Crippen LogP contribution in [0.1, 0.15) is 39.3 Å². The lowest BCUT2D eigenvalue weighted by Crippen LogP contribution is -2.41. The number of ether oxygens (including phenoxy) is 4. The lowest BCUT2D eigenvalue weighted by molar-refractivity contribution is 0.00578. The van der Waals surface area contributed by atoms with Crippen LogP contribution in [0.15, 0.2) is 122 Å². The van der Waals surface area contributed by atoms with Crippen LogP contribution in [0.3, 0.4) is 0 Å². The van der Waals surface area contributed by atoms with Gasteiger partial charge in [-0.25, -0.2) is 39.9 Å². The molecule has 0 N–H and O–H groups in total. The van der Waals surface area contributed by atoms with E-state index in [4.69, 9.17) is 43.2 Å². The molecule has 0 aliphatic carbocycles. The van der Waals surface area contributed by atoms with Crippen LogP contribution in [-0.2, 0) is 32.2 Å². The van der Waals surface area contributed by atoms with E-state index in [0.717, 1.165) is 145 Å². The first-order chi connectivity index (χ1) is 41.1. The van der Waals surface area contributed by atoms with Gasteiger partial charge >= 0.3 is 7.12 Å². The molecule has 0 saturated carbocycles. The van der Waals surface area contributed by atoms with Crippen molar-refractivity contribution in [1.29, 1.82) is 0 Å². The second kappa shape index (κ2) is 25.0. The Labute approximate surface area is 519 Å². The van der Waals surface area contributed by atoms with Crippen molar-refractivity contribution in [1.82, 2.24) is 49.0 Å². The first kappa shape index (κ1) is 60.7. The molecule has 9 heterocycles. The van der Waals surface area contributed by atoms with Crippen molar-refractivity contribution in [2.75, 3.05) is 49.3 Å². The average molecular weight is 1300 g/mol. The zero-order chi connectivity index (χ0) is 60.5. The molecule has 1 saturated heterocycles. The molecule has 0 bridgehead atoms. The molecule has 1 fully saturated rings. The van der Waals surface area contributed by atoms with Gasteiger partial charge in [0.25, 0.3) is 0 Å². The van der Waals surface area contributed by atoms with Crippen molar-refractivity contribution in [3.8, 4) is 22.6 Å². The number of hydrogen-bond donors (Lipinski definition) is 0.